The Morgan fingerprint density at radius 2 is 1.90 bits per heavy atom. The zero-order valence-electron chi connectivity index (χ0n) is 16.7. The maximum atomic E-state index is 11.1. The first kappa shape index (κ1) is 19.5. The number of benzene rings is 2. The van der Waals surface area contributed by atoms with Crippen LogP contribution in [0, 0.1) is 0 Å². The first-order chi connectivity index (χ1) is 14.6. The summed E-state index contributed by atoms with van der Waals surface area (Å²) in [6, 6.07) is 16.8. The largest absolute Gasteiger partial charge is 0.478 e. The number of carboxylic acid groups (broad SMARTS) is 1. The van der Waals surface area contributed by atoms with Gasteiger partial charge in [-0.1, -0.05) is 54.1 Å². The highest BCUT2D eigenvalue weighted by Crippen LogP contribution is 2.24. The normalized spacial score (nSPS) is 13.4. The summed E-state index contributed by atoms with van der Waals surface area (Å²) in [5, 5.41) is 17.4. The molecule has 0 bridgehead atoms. The summed E-state index contributed by atoms with van der Waals surface area (Å²) in [6.45, 7) is 2.75. The standard InChI is InChI=1S/C25H23N3O2/c1-18-6-5-9-22(13-10-18)26-16-21-17-28(23-14-11-20(12-15-23)25(29)30)27-24(21)19-7-3-2-4-8-19/h2-9,11-15,17,26H,10,16H2,1H3,(H,29,30). The van der Waals surface area contributed by atoms with Gasteiger partial charge in [0.2, 0.25) is 0 Å². The quantitative estimate of drug-likeness (QED) is 0.606. The van der Waals surface area contributed by atoms with E-state index in [1.807, 2.05) is 36.5 Å². The molecule has 1 heterocycles. The third kappa shape index (κ3) is 4.41. The lowest BCUT2D eigenvalue weighted by Crippen LogP contribution is -2.11. The molecule has 5 heteroatoms. The van der Waals surface area contributed by atoms with Gasteiger partial charge in [-0.05, 0) is 43.7 Å². The van der Waals surface area contributed by atoms with E-state index in [2.05, 4.69) is 36.5 Å². The number of aromatic carboxylic acids is 1. The van der Waals surface area contributed by atoms with Crippen LogP contribution < -0.4 is 5.32 Å². The van der Waals surface area contributed by atoms with Crippen LogP contribution in [0.1, 0.15) is 29.3 Å². The molecule has 0 spiro atoms. The van der Waals surface area contributed by atoms with Gasteiger partial charge in [0, 0.05) is 29.6 Å². The van der Waals surface area contributed by atoms with Crippen molar-refractivity contribution >= 4 is 5.97 Å². The third-order valence-corrected chi connectivity index (χ3v) is 5.00. The first-order valence-electron chi connectivity index (χ1n) is 9.86. The average Bonchev–Trinajstić information content (AvgIpc) is 3.09. The molecule has 150 valence electrons. The minimum atomic E-state index is -0.939. The average molecular weight is 397 g/mol. The molecular formula is C25H23N3O2. The van der Waals surface area contributed by atoms with E-state index in [0.717, 1.165) is 34.6 Å². The van der Waals surface area contributed by atoms with E-state index in [9.17, 15) is 4.79 Å². The van der Waals surface area contributed by atoms with Crippen molar-refractivity contribution in [2.45, 2.75) is 19.9 Å². The summed E-state index contributed by atoms with van der Waals surface area (Å²) in [5.74, 6) is -0.939. The zero-order chi connectivity index (χ0) is 20.9. The number of nitrogens with one attached hydrogen (secondary N) is 1. The van der Waals surface area contributed by atoms with E-state index < -0.39 is 5.97 Å². The second-order valence-electron chi connectivity index (χ2n) is 7.25. The molecule has 0 radical (unpaired) electrons. The van der Waals surface area contributed by atoms with Crippen LogP contribution in [-0.2, 0) is 6.54 Å². The van der Waals surface area contributed by atoms with Gasteiger partial charge in [0.15, 0.2) is 0 Å². The van der Waals surface area contributed by atoms with E-state index >= 15 is 0 Å². The summed E-state index contributed by atoms with van der Waals surface area (Å²) >= 11 is 0. The Kier molecular flexibility index (Phi) is 5.61. The van der Waals surface area contributed by atoms with Crippen molar-refractivity contribution in [2.75, 3.05) is 0 Å². The minimum Gasteiger partial charge on any atom is -0.478 e. The number of aromatic nitrogens is 2. The van der Waals surface area contributed by atoms with Gasteiger partial charge < -0.3 is 10.4 Å². The lowest BCUT2D eigenvalue weighted by atomic mass is 10.1. The SMILES string of the molecule is CC1=CC=CC(NCc2cn(-c3ccc(C(=O)O)cc3)nc2-c2ccccc2)=CC1. The molecule has 0 saturated heterocycles. The van der Waals surface area contributed by atoms with Crippen molar-refractivity contribution in [3.05, 3.63) is 107 Å². The molecule has 0 amide bonds. The van der Waals surface area contributed by atoms with Crippen LogP contribution in [0.25, 0.3) is 16.9 Å². The summed E-state index contributed by atoms with van der Waals surface area (Å²) in [5.41, 5.74) is 6.48. The fraction of sp³-hybridized carbons (Fsp3) is 0.120. The molecule has 0 fully saturated rings. The Bertz CT molecular complexity index is 1140. The second kappa shape index (κ2) is 8.66. The summed E-state index contributed by atoms with van der Waals surface area (Å²) < 4.78 is 1.80. The highest BCUT2D eigenvalue weighted by molar-refractivity contribution is 5.87. The van der Waals surface area contributed by atoms with Gasteiger partial charge in [0.05, 0.1) is 16.9 Å². The van der Waals surface area contributed by atoms with Crippen molar-refractivity contribution in [1.82, 2.24) is 15.1 Å². The highest BCUT2D eigenvalue weighted by atomic mass is 16.4. The predicted octanol–water partition coefficient (Wildman–Crippen LogP) is 5.12. The first-order valence-corrected chi connectivity index (χ1v) is 9.86. The van der Waals surface area contributed by atoms with E-state index in [4.69, 9.17) is 10.2 Å². The lowest BCUT2D eigenvalue weighted by molar-refractivity contribution is 0.0697. The fourth-order valence-electron chi connectivity index (χ4n) is 3.32. The van der Waals surface area contributed by atoms with Crippen LogP contribution >= 0.6 is 0 Å². The number of hydrogen-bond donors (Lipinski definition) is 2. The fourth-order valence-corrected chi connectivity index (χ4v) is 3.32. The van der Waals surface area contributed by atoms with Gasteiger partial charge in [-0.25, -0.2) is 9.48 Å². The summed E-state index contributed by atoms with van der Waals surface area (Å²) in [4.78, 5) is 11.1. The van der Waals surface area contributed by atoms with Crippen LogP contribution in [0.2, 0.25) is 0 Å². The molecule has 5 nitrogen and oxygen atoms in total. The predicted molar refractivity (Wildman–Crippen MR) is 118 cm³/mol. The van der Waals surface area contributed by atoms with Gasteiger partial charge in [0.25, 0.3) is 0 Å². The summed E-state index contributed by atoms with van der Waals surface area (Å²) in [7, 11) is 0. The van der Waals surface area contributed by atoms with Crippen LogP contribution in [0.15, 0.2) is 96.4 Å². The monoisotopic (exact) mass is 397 g/mol. The molecule has 0 unspecified atom stereocenters. The Morgan fingerprint density at radius 3 is 2.63 bits per heavy atom. The molecule has 30 heavy (non-hydrogen) atoms. The van der Waals surface area contributed by atoms with Gasteiger partial charge >= 0.3 is 5.97 Å². The number of allylic oxidation sites excluding steroid dienone is 5. The van der Waals surface area contributed by atoms with Gasteiger partial charge in [-0.2, -0.15) is 5.10 Å². The van der Waals surface area contributed by atoms with Crippen molar-refractivity contribution < 1.29 is 9.90 Å². The molecule has 1 aliphatic rings. The minimum absolute atomic E-state index is 0.257. The Morgan fingerprint density at radius 1 is 1.13 bits per heavy atom. The highest BCUT2D eigenvalue weighted by Gasteiger charge is 2.13. The number of rotatable bonds is 6. The second-order valence-corrected chi connectivity index (χ2v) is 7.25. The van der Waals surface area contributed by atoms with Gasteiger partial charge in [-0.15, -0.1) is 0 Å². The molecule has 4 rings (SSSR count). The van der Waals surface area contributed by atoms with E-state index in [1.54, 1.807) is 28.9 Å². The van der Waals surface area contributed by atoms with Crippen LogP contribution in [0.5, 0.6) is 0 Å². The molecule has 2 aromatic carbocycles. The van der Waals surface area contributed by atoms with E-state index in [0.29, 0.717) is 6.54 Å². The van der Waals surface area contributed by atoms with Crippen LogP contribution in [0.3, 0.4) is 0 Å². The Balaban J connectivity index is 1.64. The lowest BCUT2D eigenvalue weighted by Gasteiger charge is -2.07. The Labute approximate surface area is 175 Å². The topological polar surface area (TPSA) is 67.2 Å². The maximum Gasteiger partial charge on any atom is 0.335 e. The molecule has 2 N–H and O–H groups in total. The zero-order valence-corrected chi connectivity index (χ0v) is 16.7. The molecule has 1 aliphatic carbocycles. The van der Waals surface area contributed by atoms with Crippen LogP contribution in [-0.4, -0.2) is 20.9 Å². The van der Waals surface area contributed by atoms with Crippen LogP contribution in [0.4, 0.5) is 0 Å². The van der Waals surface area contributed by atoms with E-state index in [1.165, 1.54) is 5.57 Å². The third-order valence-electron chi connectivity index (χ3n) is 5.00. The Hall–Kier alpha value is -3.86. The molecule has 0 saturated carbocycles. The summed E-state index contributed by atoms with van der Waals surface area (Å²) in [6.07, 6.45) is 11.4. The number of nitrogens with zero attached hydrogens (tertiary/aromatic N) is 2. The molecule has 0 aliphatic heterocycles. The number of carbonyl (C=O) groups is 1. The molecule has 3 aromatic rings. The number of hydrogen-bond acceptors (Lipinski definition) is 3. The molecular weight excluding hydrogens is 374 g/mol. The molecule has 1 aromatic heterocycles. The van der Waals surface area contributed by atoms with Crippen molar-refractivity contribution in [3.8, 4) is 16.9 Å². The smallest absolute Gasteiger partial charge is 0.335 e. The molecule has 0 atom stereocenters. The van der Waals surface area contributed by atoms with Crippen molar-refractivity contribution in [1.29, 1.82) is 0 Å². The van der Waals surface area contributed by atoms with Crippen molar-refractivity contribution in [3.63, 3.8) is 0 Å². The van der Waals surface area contributed by atoms with Crippen molar-refractivity contribution in [2.24, 2.45) is 0 Å². The number of carboxylic acids is 1. The van der Waals surface area contributed by atoms with Gasteiger partial charge in [0.1, 0.15) is 0 Å². The van der Waals surface area contributed by atoms with E-state index in [-0.39, 0.29) is 5.56 Å². The van der Waals surface area contributed by atoms with Gasteiger partial charge in [-0.3, -0.25) is 0 Å². The maximum absolute atomic E-state index is 11.1.